The van der Waals surface area contributed by atoms with E-state index < -0.39 is 5.97 Å². The summed E-state index contributed by atoms with van der Waals surface area (Å²) in [6, 6.07) is -0.189. The predicted molar refractivity (Wildman–Crippen MR) is 74.4 cm³/mol. The van der Waals surface area contributed by atoms with Crippen molar-refractivity contribution in [2.45, 2.75) is 71.3 Å². The van der Waals surface area contributed by atoms with Crippen molar-refractivity contribution in [2.24, 2.45) is 23.5 Å². The second kappa shape index (κ2) is 7.78. The molecule has 3 atom stereocenters. The summed E-state index contributed by atoms with van der Waals surface area (Å²) in [5.74, 6) is 0.973. The highest BCUT2D eigenvalue weighted by atomic mass is 16.4. The lowest BCUT2D eigenvalue weighted by Gasteiger charge is -2.32. The van der Waals surface area contributed by atoms with E-state index in [-0.39, 0.29) is 12.5 Å². The maximum Gasteiger partial charge on any atom is 0.304 e. The molecule has 0 aromatic carbocycles. The molecule has 3 nitrogen and oxygen atoms in total. The molecule has 1 rings (SSSR count). The van der Waals surface area contributed by atoms with Crippen molar-refractivity contribution in [1.82, 2.24) is 0 Å². The molecular formula is C15H29NO2. The van der Waals surface area contributed by atoms with E-state index >= 15 is 0 Å². The van der Waals surface area contributed by atoms with Gasteiger partial charge in [-0.2, -0.15) is 0 Å². The maximum atomic E-state index is 10.8. The second-order valence-electron chi connectivity index (χ2n) is 6.05. The Labute approximate surface area is 111 Å². The summed E-state index contributed by atoms with van der Waals surface area (Å²) >= 11 is 0. The fraction of sp³-hybridized carbons (Fsp3) is 0.933. The van der Waals surface area contributed by atoms with Gasteiger partial charge in [0.2, 0.25) is 0 Å². The fourth-order valence-corrected chi connectivity index (χ4v) is 3.60. The highest BCUT2D eigenvalue weighted by Crippen LogP contribution is 2.33. The second-order valence-corrected chi connectivity index (χ2v) is 6.05. The molecule has 0 aromatic heterocycles. The molecular weight excluding hydrogens is 226 g/mol. The SMILES string of the molecule is CCC(C(C)CC1CCCCC1)C(N)CC(=O)O. The Morgan fingerprint density at radius 1 is 1.33 bits per heavy atom. The van der Waals surface area contributed by atoms with Crippen molar-refractivity contribution in [3.63, 3.8) is 0 Å². The quantitative estimate of drug-likeness (QED) is 0.732. The van der Waals surface area contributed by atoms with Crippen LogP contribution in [0.1, 0.15) is 65.2 Å². The molecule has 0 bridgehead atoms. The molecule has 106 valence electrons. The molecule has 0 aromatic rings. The molecule has 0 radical (unpaired) electrons. The van der Waals surface area contributed by atoms with Gasteiger partial charge in [0.1, 0.15) is 0 Å². The average Bonchev–Trinajstić information content (AvgIpc) is 2.30. The van der Waals surface area contributed by atoms with Gasteiger partial charge in [-0.3, -0.25) is 4.79 Å². The lowest BCUT2D eigenvalue weighted by molar-refractivity contribution is -0.137. The molecule has 1 fully saturated rings. The molecule has 0 saturated heterocycles. The largest absolute Gasteiger partial charge is 0.481 e. The first-order chi connectivity index (χ1) is 8.54. The average molecular weight is 255 g/mol. The smallest absolute Gasteiger partial charge is 0.304 e. The monoisotopic (exact) mass is 255 g/mol. The lowest BCUT2D eigenvalue weighted by atomic mass is 9.76. The van der Waals surface area contributed by atoms with E-state index in [1.165, 1.54) is 38.5 Å². The fourth-order valence-electron chi connectivity index (χ4n) is 3.60. The molecule has 18 heavy (non-hydrogen) atoms. The first-order valence-corrected chi connectivity index (χ1v) is 7.52. The van der Waals surface area contributed by atoms with Gasteiger partial charge >= 0.3 is 5.97 Å². The third-order valence-corrected chi connectivity index (χ3v) is 4.59. The summed E-state index contributed by atoms with van der Waals surface area (Å²) in [6.07, 6.45) is 9.16. The first-order valence-electron chi connectivity index (χ1n) is 7.52. The maximum absolute atomic E-state index is 10.8. The summed E-state index contributed by atoms with van der Waals surface area (Å²) in [4.78, 5) is 10.8. The molecule has 0 spiro atoms. The van der Waals surface area contributed by atoms with Crippen molar-refractivity contribution in [3.05, 3.63) is 0 Å². The number of carboxylic acid groups (broad SMARTS) is 1. The van der Waals surface area contributed by atoms with Crippen molar-refractivity contribution in [2.75, 3.05) is 0 Å². The summed E-state index contributed by atoms with van der Waals surface area (Å²) in [6.45, 7) is 4.38. The van der Waals surface area contributed by atoms with Crippen LogP contribution in [0.25, 0.3) is 0 Å². The van der Waals surface area contributed by atoms with Crippen LogP contribution in [0.3, 0.4) is 0 Å². The number of rotatable bonds is 7. The van der Waals surface area contributed by atoms with Crippen LogP contribution in [0.15, 0.2) is 0 Å². The standard InChI is InChI=1S/C15H29NO2/c1-3-13(14(16)10-15(17)18)11(2)9-12-7-5-4-6-8-12/h11-14H,3-10,16H2,1-2H3,(H,17,18). The van der Waals surface area contributed by atoms with Crippen LogP contribution in [0, 0.1) is 17.8 Å². The Morgan fingerprint density at radius 2 is 1.94 bits per heavy atom. The Morgan fingerprint density at radius 3 is 2.44 bits per heavy atom. The zero-order valence-corrected chi connectivity index (χ0v) is 11.9. The van der Waals surface area contributed by atoms with Crippen LogP contribution < -0.4 is 5.73 Å². The first kappa shape index (κ1) is 15.5. The van der Waals surface area contributed by atoms with Crippen molar-refractivity contribution < 1.29 is 9.90 Å². The van der Waals surface area contributed by atoms with Crippen LogP contribution in [-0.4, -0.2) is 17.1 Å². The number of carboxylic acids is 1. The van der Waals surface area contributed by atoms with Crippen LogP contribution in [-0.2, 0) is 4.79 Å². The molecule has 3 heteroatoms. The third kappa shape index (κ3) is 4.97. The van der Waals surface area contributed by atoms with E-state index in [1.54, 1.807) is 0 Å². The minimum Gasteiger partial charge on any atom is -0.481 e. The Balaban J connectivity index is 2.44. The van der Waals surface area contributed by atoms with Gasteiger partial charge in [-0.25, -0.2) is 0 Å². The Hall–Kier alpha value is -0.570. The van der Waals surface area contributed by atoms with Crippen LogP contribution in [0.2, 0.25) is 0 Å². The minimum absolute atomic E-state index is 0.105. The van der Waals surface area contributed by atoms with Gasteiger partial charge in [-0.15, -0.1) is 0 Å². The van der Waals surface area contributed by atoms with Gasteiger partial charge in [-0.1, -0.05) is 52.4 Å². The number of aliphatic carboxylic acids is 1. The minimum atomic E-state index is -0.772. The van der Waals surface area contributed by atoms with Crippen molar-refractivity contribution in [3.8, 4) is 0 Å². The van der Waals surface area contributed by atoms with Gasteiger partial charge in [0.25, 0.3) is 0 Å². The number of carbonyl (C=O) groups is 1. The van der Waals surface area contributed by atoms with E-state index in [1.807, 2.05) is 0 Å². The summed E-state index contributed by atoms with van der Waals surface area (Å²) in [5, 5.41) is 8.85. The highest BCUT2D eigenvalue weighted by molar-refractivity contribution is 5.67. The Bertz CT molecular complexity index is 249. The molecule has 1 aliphatic rings. The van der Waals surface area contributed by atoms with Crippen molar-refractivity contribution in [1.29, 1.82) is 0 Å². The number of nitrogens with two attached hydrogens (primary N) is 1. The normalized spacial score (nSPS) is 22.4. The van der Waals surface area contributed by atoms with Crippen LogP contribution >= 0.6 is 0 Å². The van der Waals surface area contributed by atoms with Crippen LogP contribution in [0.4, 0.5) is 0 Å². The van der Waals surface area contributed by atoms with Gasteiger partial charge in [-0.05, 0) is 24.2 Å². The number of hydrogen-bond donors (Lipinski definition) is 2. The van der Waals surface area contributed by atoms with E-state index in [9.17, 15) is 4.79 Å². The Kier molecular flexibility index (Phi) is 6.69. The summed E-state index contributed by atoms with van der Waals surface area (Å²) in [7, 11) is 0. The molecule has 0 heterocycles. The summed E-state index contributed by atoms with van der Waals surface area (Å²) < 4.78 is 0. The molecule has 3 N–H and O–H groups in total. The zero-order valence-electron chi connectivity index (χ0n) is 11.9. The van der Waals surface area contributed by atoms with Crippen LogP contribution in [0.5, 0.6) is 0 Å². The van der Waals surface area contributed by atoms with Crippen molar-refractivity contribution >= 4 is 5.97 Å². The highest BCUT2D eigenvalue weighted by Gasteiger charge is 2.27. The van der Waals surface area contributed by atoms with Gasteiger partial charge in [0, 0.05) is 6.04 Å². The van der Waals surface area contributed by atoms with E-state index in [0.717, 1.165) is 12.3 Å². The van der Waals surface area contributed by atoms with E-state index in [4.69, 9.17) is 10.8 Å². The molecule has 1 aliphatic carbocycles. The van der Waals surface area contributed by atoms with Gasteiger partial charge < -0.3 is 10.8 Å². The topological polar surface area (TPSA) is 63.3 Å². The summed E-state index contributed by atoms with van der Waals surface area (Å²) in [5.41, 5.74) is 6.05. The molecule has 1 saturated carbocycles. The zero-order chi connectivity index (χ0) is 13.5. The van der Waals surface area contributed by atoms with E-state index in [0.29, 0.717) is 11.8 Å². The number of hydrogen-bond acceptors (Lipinski definition) is 2. The molecule has 0 amide bonds. The van der Waals surface area contributed by atoms with Gasteiger partial charge in [0.05, 0.1) is 6.42 Å². The predicted octanol–water partition coefficient (Wildman–Crippen LogP) is 3.42. The lowest BCUT2D eigenvalue weighted by Crippen LogP contribution is -2.36. The third-order valence-electron chi connectivity index (χ3n) is 4.59. The molecule has 0 aliphatic heterocycles. The van der Waals surface area contributed by atoms with Gasteiger partial charge in [0.15, 0.2) is 0 Å². The molecule has 3 unspecified atom stereocenters. The van der Waals surface area contributed by atoms with E-state index in [2.05, 4.69) is 13.8 Å².